The van der Waals surface area contributed by atoms with E-state index in [2.05, 4.69) is 48.2 Å². The summed E-state index contributed by atoms with van der Waals surface area (Å²) >= 11 is 6.14. The average Bonchev–Trinajstić information content (AvgIpc) is 3.30. The Morgan fingerprint density at radius 1 is 1.03 bits per heavy atom. The lowest BCUT2D eigenvalue weighted by atomic mass is 10.2. The summed E-state index contributed by atoms with van der Waals surface area (Å²) in [4.78, 5) is 16.1. The molecule has 0 bridgehead atoms. The fourth-order valence-corrected chi connectivity index (χ4v) is 4.24. The highest BCUT2D eigenvalue weighted by molar-refractivity contribution is 6.30. The molecule has 0 aliphatic carbocycles. The molecular formula is C22H29ClN6. The van der Waals surface area contributed by atoms with E-state index >= 15 is 0 Å². The monoisotopic (exact) mass is 412 g/mol. The molecule has 0 atom stereocenters. The van der Waals surface area contributed by atoms with Crippen LogP contribution in [0.25, 0.3) is 0 Å². The number of aliphatic imine (C=N–C) groups is 1. The lowest BCUT2D eigenvalue weighted by molar-refractivity contribution is 0.372. The van der Waals surface area contributed by atoms with Crippen molar-refractivity contribution in [1.29, 1.82) is 0 Å². The predicted octanol–water partition coefficient (Wildman–Crippen LogP) is 3.23. The van der Waals surface area contributed by atoms with Gasteiger partial charge in [-0.3, -0.25) is 4.99 Å². The van der Waals surface area contributed by atoms with Crippen LogP contribution in [0.3, 0.4) is 0 Å². The molecule has 0 saturated carbocycles. The van der Waals surface area contributed by atoms with Gasteiger partial charge in [0, 0.05) is 69.8 Å². The Morgan fingerprint density at radius 3 is 2.55 bits per heavy atom. The Balaban J connectivity index is 1.32. The summed E-state index contributed by atoms with van der Waals surface area (Å²) in [6.45, 7) is 6.75. The first-order valence-electron chi connectivity index (χ1n) is 10.4. The van der Waals surface area contributed by atoms with Gasteiger partial charge in [-0.05, 0) is 48.7 Å². The molecule has 3 heterocycles. The normalized spacial score (nSPS) is 17.7. The van der Waals surface area contributed by atoms with Gasteiger partial charge in [-0.25, -0.2) is 4.98 Å². The van der Waals surface area contributed by atoms with Gasteiger partial charge < -0.3 is 20.0 Å². The van der Waals surface area contributed by atoms with E-state index in [0.717, 1.165) is 62.6 Å². The molecule has 0 amide bonds. The Labute approximate surface area is 178 Å². The first-order chi connectivity index (χ1) is 14.2. The number of hydrogen-bond acceptors (Lipinski definition) is 4. The standard InChI is InChI=1S/C22H29ClN6/c1-24-22(26-17-18-7-8-25-21(15-18)28-9-2-3-10-28)29-13-11-27(12-14-29)20-6-4-5-19(23)16-20/h4-8,15-16H,2-3,9-14,17H2,1H3,(H,24,26). The molecule has 2 saturated heterocycles. The fourth-order valence-electron chi connectivity index (χ4n) is 4.05. The largest absolute Gasteiger partial charge is 0.368 e. The molecule has 0 unspecified atom stereocenters. The molecule has 2 aliphatic heterocycles. The van der Waals surface area contributed by atoms with Gasteiger partial charge in [0.25, 0.3) is 0 Å². The van der Waals surface area contributed by atoms with Crippen LogP contribution in [0.1, 0.15) is 18.4 Å². The van der Waals surface area contributed by atoms with Crippen LogP contribution in [-0.2, 0) is 6.54 Å². The van der Waals surface area contributed by atoms with Crippen molar-refractivity contribution in [1.82, 2.24) is 15.2 Å². The van der Waals surface area contributed by atoms with Crippen LogP contribution in [0.15, 0.2) is 47.6 Å². The zero-order chi connectivity index (χ0) is 20.1. The summed E-state index contributed by atoms with van der Waals surface area (Å²) in [5.74, 6) is 2.04. The van der Waals surface area contributed by atoms with E-state index in [1.165, 1.54) is 24.1 Å². The maximum absolute atomic E-state index is 6.14. The third-order valence-electron chi connectivity index (χ3n) is 5.65. The lowest BCUT2D eigenvalue weighted by Gasteiger charge is -2.37. The number of nitrogens with zero attached hydrogens (tertiary/aromatic N) is 5. The van der Waals surface area contributed by atoms with E-state index in [0.29, 0.717) is 0 Å². The van der Waals surface area contributed by atoms with E-state index in [-0.39, 0.29) is 0 Å². The molecule has 6 nitrogen and oxygen atoms in total. The van der Waals surface area contributed by atoms with Crippen LogP contribution < -0.4 is 15.1 Å². The average molecular weight is 413 g/mol. The molecule has 1 aromatic heterocycles. The van der Waals surface area contributed by atoms with Gasteiger partial charge in [0.1, 0.15) is 5.82 Å². The van der Waals surface area contributed by atoms with Crippen molar-refractivity contribution in [3.05, 3.63) is 53.2 Å². The van der Waals surface area contributed by atoms with E-state index < -0.39 is 0 Å². The van der Waals surface area contributed by atoms with E-state index in [1.54, 1.807) is 0 Å². The molecule has 0 spiro atoms. The maximum Gasteiger partial charge on any atom is 0.194 e. The minimum absolute atomic E-state index is 0.755. The minimum Gasteiger partial charge on any atom is -0.368 e. The molecule has 154 valence electrons. The Kier molecular flexibility index (Phi) is 6.39. The number of benzene rings is 1. The van der Waals surface area contributed by atoms with Crippen molar-refractivity contribution in [2.24, 2.45) is 4.99 Å². The van der Waals surface area contributed by atoms with Crippen molar-refractivity contribution < 1.29 is 0 Å². The topological polar surface area (TPSA) is 47.0 Å². The van der Waals surface area contributed by atoms with Gasteiger partial charge in [0.05, 0.1) is 0 Å². The number of aromatic nitrogens is 1. The molecule has 1 N–H and O–H groups in total. The summed E-state index contributed by atoms with van der Waals surface area (Å²) in [6, 6.07) is 12.4. The zero-order valence-corrected chi connectivity index (χ0v) is 17.8. The Bertz CT molecular complexity index is 841. The van der Waals surface area contributed by atoms with Crippen molar-refractivity contribution in [3.8, 4) is 0 Å². The number of anilines is 2. The summed E-state index contributed by atoms with van der Waals surface area (Å²) in [5.41, 5.74) is 2.42. The summed E-state index contributed by atoms with van der Waals surface area (Å²) in [7, 11) is 1.86. The Morgan fingerprint density at radius 2 is 1.83 bits per heavy atom. The summed E-state index contributed by atoms with van der Waals surface area (Å²) in [6.07, 6.45) is 4.44. The fraction of sp³-hybridized carbons (Fsp3) is 0.455. The third-order valence-corrected chi connectivity index (χ3v) is 5.89. The first kappa shape index (κ1) is 19.8. The second-order valence-corrected chi connectivity index (χ2v) is 8.01. The van der Waals surface area contributed by atoms with Gasteiger partial charge in [-0.15, -0.1) is 0 Å². The maximum atomic E-state index is 6.14. The summed E-state index contributed by atoms with van der Waals surface area (Å²) in [5, 5.41) is 4.31. The number of guanidine groups is 1. The molecule has 7 heteroatoms. The van der Waals surface area contributed by atoms with Crippen molar-refractivity contribution >= 4 is 29.1 Å². The number of pyridine rings is 1. The smallest absolute Gasteiger partial charge is 0.194 e. The van der Waals surface area contributed by atoms with Crippen LogP contribution in [0.5, 0.6) is 0 Å². The molecular weight excluding hydrogens is 384 g/mol. The molecule has 1 aromatic carbocycles. The zero-order valence-electron chi connectivity index (χ0n) is 17.0. The molecule has 2 aromatic rings. The second-order valence-electron chi connectivity index (χ2n) is 7.57. The third kappa shape index (κ3) is 4.93. The highest BCUT2D eigenvalue weighted by Crippen LogP contribution is 2.21. The van der Waals surface area contributed by atoms with Crippen LogP contribution in [0.4, 0.5) is 11.5 Å². The van der Waals surface area contributed by atoms with Gasteiger partial charge >= 0.3 is 0 Å². The molecule has 4 rings (SSSR count). The number of hydrogen-bond donors (Lipinski definition) is 1. The van der Waals surface area contributed by atoms with Crippen molar-refractivity contribution in [3.63, 3.8) is 0 Å². The Hall–Kier alpha value is -2.47. The molecule has 2 aliphatic rings. The van der Waals surface area contributed by atoms with Crippen LogP contribution in [-0.4, -0.2) is 62.2 Å². The van der Waals surface area contributed by atoms with Gasteiger partial charge in [-0.1, -0.05) is 17.7 Å². The van der Waals surface area contributed by atoms with Crippen molar-refractivity contribution in [2.45, 2.75) is 19.4 Å². The quantitative estimate of drug-likeness (QED) is 0.617. The predicted molar refractivity (Wildman–Crippen MR) is 121 cm³/mol. The first-order valence-corrected chi connectivity index (χ1v) is 10.8. The van der Waals surface area contributed by atoms with Gasteiger partial charge in [0.2, 0.25) is 0 Å². The lowest BCUT2D eigenvalue weighted by Crippen LogP contribution is -2.52. The van der Waals surface area contributed by atoms with E-state index in [4.69, 9.17) is 11.6 Å². The van der Waals surface area contributed by atoms with Gasteiger partial charge in [0.15, 0.2) is 5.96 Å². The summed E-state index contributed by atoms with van der Waals surface area (Å²) < 4.78 is 0. The van der Waals surface area contributed by atoms with Crippen LogP contribution in [0, 0.1) is 0 Å². The molecule has 29 heavy (non-hydrogen) atoms. The minimum atomic E-state index is 0.755. The highest BCUT2D eigenvalue weighted by atomic mass is 35.5. The molecule has 2 fully saturated rings. The van der Waals surface area contributed by atoms with E-state index in [1.807, 2.05) is 31.4 Å². The number of nitrogens with one attached hydrogen (secondary N) is 1. The van der Waals surface area contributed by atoms with E-state index in [9.17, 15) is 0 Å². The van der Waals surface area contributed by atoms with Crippen molar-refractivity contribution in [2.75, 3.05) is 56.1 Å². The number of piperazine rings is 1. The second kappa shape index (κ2) is 9.35. The molecule has 0 radical (unpaired) electrons. The van der Waals surface area contributed by atoms with Crippen LogP contribution in [0.2, 0.25) is 5.02 Å². The highest BCUT2D eigenvalue weighted by Gasteiger charge is 2.20. The SMILES string of the molecule is CN=C(NCc1ccnc(N2CCCC2)c1)N1CCN(c2cccc(Cl)c2)CC1. The van der Waals surface area contributed by atoms with Gasteiger partial charge in [-0.2, -0.15) is 0 Å². The number of halogens is 1. The number of rotatable bonds is 4. The van der Waals surface area contributed by atoms with Crippen LogP contribution >= 0.6 is 11.6 Å².